The van der Waals surface area contributed by atoms with Crippen LogP contribution < -0.4 is 4.74 Å². The third kappa shape index (κ3) is 6.44. The van der Waals surface area contributed by atoms with Gasteiger partial charge in [-0.3, -0.25) is 0 Å². The number of hydrogen-bond donors (Lipinski definition) is 0. The fourth-order valence-corrected chi connectivity index (χ4v) is 3.04. The summed E-state index contributed by atoms with van der Waals surface area (Å²) in [5, 5.41) is 0. The molecule has 0 amide bonds. The second kappa shape index (κ2) is 9.43. The smallest absolute Gasteiger partial charge is 0.133 e. The number of hydrogen-bond acceptors (Lipinski definition) is 2. The van der Waals surface area contributed by atoms with E-state index < -0.39 is 0 Å². The highest BCUT2D eigenvalue weighted by atomic mass is 32.1. The number of rotatable bonds is 10. The van der Waals surface area contributed by atoms with Crippen molar-refractivity contribution in [2.24, 2.45) is 0 Å². The van der Waals surface area contributed by atoms with Crippen LogP contribution in [0, 0.1) is 13.8 Å². The van der Waals surface area contributed by atoms with Crippen LogP contribution in [0.2, 0.25) is 0 Å². The van der Waals surface area contributed by atoms with Crippen LogP contribution in [-0.4, -0.2) is 6.61 Å². The normalized spacial score (nSPS) is 10.8. The molecule has 104 valence electrons. The largest absolute Gasteiger partial charge is 0.492 e. The number of aryl methyl sites for hydroxylation is 2. The lowest BCUT2D eigenvalue weighted by Gasteiger charge is -2.05. The first-order valence-corrected chi connectivity index (χ1v) is 8.25. The molecule has 0 aliphatic heterocycles. The molecule has 0 aliphatic rings. The van der Waals surface area contributed by atoms with Gasteiger partial charge in [0.15, 0.2) is 0 Å². The molecule has 0 aliphatic carbocycles. The molecule has 0 fully saturated rings. The highest BCUT2D eigenvalue weighted by Gasteiger charge is 2.02. The van der Waals surface area contributed by atoms with E-state index in [1.54, 1.807) is 0 Å². The molecule has 2 heteroatoms. The summed E-state index contributed by atoms with van der Waals surface area (Å²) >= 11 is 1.82. The van der Waals surface area contributed by atoms with Crippen molar-refractivity contribution in [1.82, 2.24) is 0 Å². The van der Waals surface area contributed by atoms with Gasteiger partial charge in [0.05, 0.1) is 6.61 Å². The van der Waals surface area contributed by atoms with Gasteiger partial charge in [-0.1, -0.05) is 51.9 Å². The van der Waals surface area contributed by atoms with Gasteiger partial charge in [-0.2, -0.15) is 0 Å². The molecule has 1 heterocycles. The first kappa shape index (κ1) is 15.6. The number of ether oxygens (including phenoxy) is 1. The van der Waals surface area contributed by atoms with E-state index in [1.165, 1.54) is 61.1 Å². The van der Waals surface area contributed by atoms with Crippen molar-refractivity contribution in [3.8, 4) is 5.75 Å². The monoisotopic (exact) mass is 268 g/mol. The molecule has 0 bridgehead atoms. The zero-order valence-electron chi connectivity index (χ0n) is 12.3. The van der Waals surface area contributed by atoms with Gasteiger partial charge in [0.1, 0.15) is 5.75 Å². The van der Waals surface area contributed by atoms with Gasteiger partial charge >= 0.3 is 0 Å². The average Bonchev–Trinajstić information content (AvgIpc) is 2.66. The highest BCUT2D eigenvalue weighted by Crippen LogP contribution is 2.27. The molecule has 0 saturated heterocycles. The van der Waals surface area contributed by atoms with Crippen molar-refractivity contribution < 1.29 is 4.74 Å². The van der Waals surface area contributed by atoms with Crippen molar-refractivity contribution in [3.05, 3.63) is 15.8 Å². The summed E-state index contributed by atoms with van der Waals surface area (Å²) in [6.07, 6.45) is 10.9. The highest BCUT2D eigenvalue weighted by molar-refractivity contribution is 7.12. The minimum atomic E-state index is 0.881. The quantitative estimate of drug-likeness (QED) is 0.481. The SMILES string of the molecule is CCCCCCCCCCOc1cc(C)sc1C. The lowest BCUT2D eigenvalue weighted by molar-refractivity contribution is 0.303. The summed E-state index contributed by atoms with van der Waals surface area (Å²) in [4.78, 5) is 2.66. The fourth-order valence-electron chi connectivity index (χ4n) is 2.17. The summed E-state index contributed by atoms with van der Waals surface area (Å²) in [5.41, 5.74) is 0. The average molecular weight is 268 g/mol. The maximum atomic E-state index is 5.81. The number of thiophene rings is 1. The van der Waals surface area contributed by atoms with E-state index in [1.807, 2.05) is 11.3 Å². The van der Waals surface area contributed by atoms with Gasteiger partial charge in [0.2, 0.25) is 0 Å². The molecule has 1 aromatic rings. The Hall–Kier alpha value is -0.500. The summed E-state index contributed by atoms with van der Waals surface area (Å²) in [7, 11) is 0. The van der Waals surface area contributed by atoms with Gasteiger partial charge in [-0.25, -0.2) is 0 Å². The Balaban J connectivity index is 1.94. The van der Waals surface area contributed by atoms with E-state index in [-0.39, 0.29) is 0 Å². The van der Waals surface area contributed by atoms with Crippen LogP contribution in [0.5, 0.6) is 5.75 Å². The fraction of sp³-hybridized carbons (Fsp3) is 0.750. The Bertz CT molecular complexity index is 317. The van der Waals surface area contributed by atoms with Crippen LogP contribution in [0.15, 0.2) is 6.07 Å². The second-order valence-electron chi connectivity index (χ2n) is 5.10. The first-order valence-electron chi connectivity index (χ1n) is 7.44. The molecule has 1 nitrogen and oxygen atoms in total. The van der Waals surface area contributed by atoms with E-state index >= 15 is 0 Å². The minimum absolute atomic E-state index is 0.881. The predicted octanol–water partition coefficient (Wildman–Crippen LogP) is 5.88. The van der Waals surface area contributed by atoms with E-state index in [0.717, 1.165) is 12.4 Å². The van der Waals surface area contributed by atoms with Crippen LogP contribution in [0.1, 0.15) is 68.0 Å². The Morgan fingerprint density at radius 1 is 0.944 bits per heavy atom. The zero-order valence-corrected chi connectivity index (χ0v) is 13.1. The molecule has 0 N–H and O–H groups in total. The van der Waals surface area contributed by atoms with Gasteiger partial charge < -0.3 is 4.74 Å². The molecule has 0 radical (unpaired) electrons. The molecule has 0 aromatic carbocycles. The van der Waals surface area contributed by atoms with E-state index in [9.17, 15) is 0 Å². The molecule has 0 saturated carbocycles. The van der Waals surface area contributed by atoms with Crippen molar-refractivity contribution >= 4 is 11.3 Å². The summed E-state index contributed by atoms with van der Waals surface area (Å²) in [6, 6.07) is 2.16. The van der Waals surface area contributed by atoms with Crippen LogP contribution >= 0.6 is 11.3 Å². The third-order valence-corrected chi connectivity index (χ3v) is 4.20. The first-order chi connectivity index (χ1) is 8.74. The second-order valence-corrected chi connectivity index (χ2v) is 6.56. The summed E-state index contributed by atoms with van der Waals surface area (Å²) < 4.78 is 5.81. The topological polar surface area (TPSA) is 9.23 Å². The van der Waals surface area contributed by atoms with Crippen LogP contribution in [0.25, 0.3) is 0 Å². The Labute approximate surface area is 117 Å². The maximum Gasteiger partial charge on any atom is 0.133 e. The molecule has 0 unspecified atom stereocenters. The van der Waals surface area contributed by atoms with Crippen LogP contribution in [0.3, 0.4) is 0 Å². The molecular formula is C16H28OS. The molecule has 0 atom stereocenters. The van der Waals surface area contributed by atoms with Gasteiger partial charge in [-0.05, 0) is 26.3 Å². The van der Waals surface area contributed by atoms with Crippen LogP contribution in [0.4, 0.5) is 0 Å². The molecular weight excluding hydrogens is 240 g/mol. The standard InChI is InChI=1S/C16H28OS/c1-4-5-6-7-8-9-10-11-12-17-16-13-14(2)18-15(16)3/h13H,4-12H2,1-3H3. The van der Waals surface area contributed by atoms with Gasteiger partial charge in [0, 0.05) is 9.75 Å². The van der Waals surface area contributed by atoms with Crippen molar-refractivity contribution in [2.75, 3.05) is 6.61 Å². The Morgan fingerprint density at radius 2 is 1.56 bits per heavy atom. The van der Waals surface area contributed by atoms with Crippen molar-refractivity contribution in [3.63, 3.8) is 0 Å². The van der Waals surface area contributed by atoms with Crippen molar-refractivity contribution in [2.45, 2.75) is 72.1 Å². The molecule has 18 heavy (non-hydrogen) atoms. The molecule has 1 rings (SSSR count). The third-order valence-electron chi connectivity index (χ3n) is 3.25. The van der Waals surface area contributed by atoms with Gasteiger partial charge in [-0.15, -0.1) is 11.3 Å². The lowest BCUT2D eigenvalue weighted by atomic mass is 10.1. The molecule has 1 aromatic heterocycles. The lowest BCUT2D eigenvalue weighted by Crippen LogP contribution is -1.97. The maximum absolute atomic E-state index is 5.81. The van der Waals surface area contributed by atoms with Crippen LogP contribution in [-0.2, 0) is 0 Å². The minimum Gasteiger partial charge on any atom is -0.492 e. The summed E-state index contributed by atoms with van der Waals surface area (Å²) in [6.45, 7) is 7.43. The summed E-state index contributed by atoms with van der Waals surface area (Å²) in [5.74, 6) is 1.10. The molecule has 0 spiro atoms. The van der Waals surface area contributed by atoms with Gasteiger partial charge in [0.25, 0.3) is 0 Å². The Kier molecular flexibility index (Phi) is 8.15. The van der Waals surface area contributed by atoms with E-state index in [4.69, 9.17) is 4.74 Å². The predicted molar refractivity (Wildman–Crippen MR) is 81.9 cm³/mol. The zero-order chi connectivity index (χ0) is 13.2. The van der Waals surface area contributed by atoms with Crippen molar-refractivity contribution in [1.29, 1.82) is 0 Å². The van der Waals surface area contributed by atoms with E-state index in [0.29, 0.717) is 0 Å². The Morgan fingerprint density at radius 3 is 2.11 bits per heavy atom. The van der Waals surface area contributed by atoms with E-state index in [2.05, 4.69) is 26.8 Å². The number of unbranched alkanes of at least 4 members (excludes halogenated alkanes) is 7.